The highest BCUT2D eigenvalue weighted by Gasteiger charge is 2.36. The van der Waals surface area contributed by atoms with Gasteiger partial charge in [0.15, 0.2) is 0 Å². The van der Waals surface area contributed by atoms with E-state index in [4.69, 9.17) is 0 Å². The number of carbonyl (C=O) groups is 1. The van der Waals surface area contributed by atoms with Gasteiger partial charge in [-0.1, -0.05) is 24.3 Å². The van der Waals surface area contributed by atoms with Crippen LogP contribution in [0.1, 0.15) is 34.1 Å². The van der Waals surface area contributed by atoms with E-state index in [9.17, 15) is 9.90 Å². The number of aromatic nitrogens is 1. The van der Waals surface area contributed by atoms with Gasteiger partial charge in [-0.15, -0.1) is 11.3 Å². The summed E-state index contributed by atoms with van der Waals surface area (Å²) in [7, 11) is 1.96. The van der Waals surface area contributed by atoms with Crippen molar-refractivity contribution in [2.75, 3.05) is 0 Å². The smallest absolute Gasteiger partial charge is 0.253 e. The summed E-state index contributed by atoms with van der Waals surface area (Å²) in [6.45, 7) is 0. The predicted molar refractivity (Wildman–Crippen MR) is 96.2 cm³/mol. The van der Waals surface area contributed by atoms with Gasteiger partial charge in [-0.05, 0) is 36.3 Å². The molecule has 3 aromatic rings. The lowest BCUT2D eigenvalue weighted by molar-refractivity contribution is 0.0241. The van der Waals surface area contributed by atoms with Crippen LogP contribution in [-0.4, -0.2) is 21.7 Å². The molecule has 4 nitrogen and oxygen atoms in total. The number of nitrogens with one attached hydrogen (secondary N) is 1. The van der Waals surface area contributed by atoms with Gasteiger partial charge in [0.25, 0.3) is 5.91 Å². The molecule has 0 bridgehead atoms. The Hall–Kier alpha value is -2.11. The molecule has 2 heterocycles. The van der Waals surface area contributed by atoms with Gasteiger partial charge >= 0.3 is 0 Å². The van der Waals surface area contributed by atoms with Crippen molar-refractivity contribution in [2.24, 2.45) is 13.0 Å². The van der Waals surface area contributed by atoms with Gasteiger partial charge in [-0.25, -0.2) is 0 Å². The fraction of sp³-hybridized carbons (Fsp3) is 0.316. The molecule has 1 aliphatic carbocycles. The molecule has 1 unspecified atom stereocenters. The number of amides is 1. The number of rotatable bonds is 4. The highest BCUT2D eigenvalue weighted by Crippen LogP contribution is 2.39. The minimum absolute atomic E-state index is 0.0279. The number of thiophene rings is 1. The first-order valence-corrected chi connectivity index (χ1v) is 9.08. The van der Waals surface area contributed by atoms with Gasteiger partial charge in [0, 0.05) is 29.0 Å². The molecule has 1 saturated carbocycles. The molecule has 0 spiro atoms. The topological polar surface area (TPSA) is 54.3 Å². The second-order valence-corrected chi connectivity index (χ2v) is 7.50. The van der Waals surface area contributed by atoms with E-state index in [1.165, 1.54) is 0 Å². The molecule has 24 heavy (non-hydrogen) atoms. The van der Waals surface area contributed by atoms with Gasteiger partial charge in [0.05, 0.1) is 17.7 Å². The normalized spacial score (nSPS) is 21.4. The Morgan fingerprint density at radius 1 is 1.29 bits per heavy atom. The molecule has 1 fully saturated rings. The maximum Gasteiger partial charge on any atom is 0.253 e. The zero-order valence-electron chi connectivity index (χ0n) is 13.5. The summed E-state index contributed by atoms with van der Waals surface area (Å²) in [5, 5.41) is 15.9. The highest BCUT2D eigenvalue weighted by molar-refractivity contribution is 7.10. The van der Waals surface area contributed by atoms with Crippen LogP contribution in [0.2, 0.25) is 0 Å². The minimum atomic E-state index is -0.230. The molecule has 1 aromatic carbocycles. The molecule has 2 aromatic heterocycles. The first-order valence-electron chi connectivity index (χ1n) is 8.20. The van der Waals surface area contributed by atoms with Crippen molar-refractivity contribution >= 4 is 28.1 Å². The van der Waals surface area contributed by atoms with Crippen LogP contribution in [0.3, 0.4) is 0 Å². The summed E-state index contributed by atoms with van der Waals surface area (Å²) >= 11 is 1.65. The molecule has 1 aliphatic rings. The molecule has 1 amide bonds. The van der Waals surface area contributed by atoms with Crippen molar-refractivity contribution in [3.63, 3.8) is 0 Å². The number of benzene rings is 1. The predicted octanol–water partition coefficient (Wildman–Crippen LogP) is 3.48. The van der Waals surface area contributed by atoms with Gasteiger partial charge in [0.1, 0.15) is 0 Å². The van der Waals surface area contributed by atoms with Gasteiger partial charge in [-0.3, -0.25) is 4.79 Å². The Morgan fingerprint density at radius 3 is 2.79 bits per heavy atom. The molecule has 2 N–H and O–H groups in total. The van der Waals surface area contributed by atoms with Crippen LogP contribution in [0.15, 0.2) is 48.0 Å². The summed E-state index contributed by atoms with van der Waals surface area (Å²) < 4.78 is 1.98. The highest BCUT2D eigenvalue weighted by atomic mass is 32.1. The number of fused-ring (bicyclic) bond motifs is 1. The summed E-state index contributed by atoms with van der Waals surface area (Å²) in [4.78, 5) is 14.1. The average Bonchev–Trinajstić information content (AvgIpc) is 3.19. The largest absolute Gasteiger partial charge is 0.393 e. The van der Waals surface area contributed by atoms with Gasteiger partial charge in [0.2, 0.25) is 0 Å². The second kappa shape index (κ2) is 6.07. The number of aliphatic hydroxyl groups excluding tert-OH is 1. The lowest BCUT2D eigenvalue weighted by atomic mass is 9.76. The fourth-order valence-corrected chi connectivity index (χ4v) is 4.40. The number of carbonyl (C=O) groups excluding carboxylic acids is 1. The van der Waals surface area contributed by atoms with Crippen LogP contribution in [0.25, 0.3) is 10.9 Å². The van der Waals surface area contributed by atoms with E-state index in [1.807, 2.05) is 53.5 Å². The molecule has 5 heteroatoms. The molecule has 1 atom stereocenters. The maximum atomic E-state index is 12.9. The monoisotopic (exact) mass is 340 g/mol. The lowest BCUT2D eigenvalue weighted by Gasteiger charge is -2.37. The standard InChI is InChI=1S/C19H20N2O2S/c1-21-11-15(14-5-2-3-6-16(14)21)19(23)20-18(12-9-13(22)10-12)17-7-4-8-24-17/h2-8,11-13,18,22H,9-10H2,1H3,(H,20,23). The molecule has 0 saturated heterocycles. The molecule has 124 valence electrons. The van der Waals surface area contributed by atoms with Crippen LogP contribution in [0, 0.1) is 5.92 Å². The third kappa shape index (κ3) is 2.64. The van der Waals surface area contributed by atoms with E-state index >= 15 is 0 Å². The first kappa shape index (κ1) is 15.4. The zero-order valence-corrected chi connectivity index (χ0v) is 14.3. The van der Waals surface area contributed by atoms with Crippen LogP contribution >= 0.6 is 11.3 Å². The Morgan fingerprint density at radius 2 is 2.08 bits per heavy atom. The molecular formula is C19H20N2O2S. The minimum Gasteiger partial charge on any atom is -0.393 e. The van der Waals surface area contributed by atoms with Gasteiger partial charge in [-0.2, -0.15) is 0 Å². The number of aryl methyl sites for hydroxylation is 1. The molecule has 0 radical (unpaired) electrons. The Bertz CT molecular complexity index is 863. The van der Waals surface area contributed by atoms with Crippen molar-refractivity contribution in [3.8, 4) is 0 Å². The van der Waals surface area contributed by atoms with E-state index in [-0.39, 0.29) is 18.1 Å². The molecule has 4 rings (SSSR count). The van der Waals surface area contributed by atoms with E-state index in [1.54, 1.807) is 11.3 Å². The zero-order chi connectivity index (χ0) is 16.7. The van der Waals surface area contributed by atoms with E-state index in [2.05, 4.69) is 11.4 Å². The number of aliphatic hydroxyl groups is 1. The number of hydrogen-bond acceptors (Lipinski definition) is 3. The third-order valence-corrected chi connectivity index (χ3v) is 5.85. The quantitative estimate of drug-likeness (QED) is 0.764. The SMILES string of the molecule is Cn1cc(C(=O)NC(c2cccs2)C2CC(O)C2)c2ccccc21. The van der Waals surface area contributed by atoms with E-state index in [0.29, 0.717) is 11.5 Å². The molecule has 0 aliphatic heterocycles. The van der Waals surface area contributed by atoms with Crippen molar-refractivity contribution in [2.45, 2.75) is 25.0 Å². The van der Waals surface area contributed by atoms with Crippen LogP contribution in [0.5, 0.6) is 0 Å². The number of hydrogen-bond donors (Lipinski definition) is 2. The Kier molecular flexibility index (Phi) is 3.90. The average molecular weight is 340 g/mol. The second-order valence-electron chi connectivity index (χ2n) is 6.52. The Labute approximate surface area is 144 Å². The fourth-order valence-electron chi connectivity index (χ4n) is 3.53. The van der Waals surface area contributed by atoms with Crippen molar-refractivity contribution in [3.05, 3.63) is 58.4 Å². The van der Waals surface area contributed by atoms with Crippen LogP contribution in [0.4, 0.5) is 0 Å². The lowest BCUT2D eigenvalue weighted by Crippen LogP contribution is -2.41. The van der Waals surface area contributed by atoms with Crippen LogP contribution in [-0.2, 0) is 7.05 Å². The maximum absolute atomic E-state index is 12.9. The van der Waals surface area contributed by atoms with E-state index in [0.717, 1.165) is 28.6 Å². The van der Waals surface area contributed by atoms with Crippen LogP contribution < -0.4 is 5.32 Å². The first-order chi connectivity index (χ1) is 11.6. The Balaban J connectivity index is 1.63. The molecular weight excluding hydrogens is 320 g/mol. The number of para-hydroxylation sites is 1. The number of nitrogens with zero attached hydrogens (tertiary/aromatic N) is 1. The summed E-state index contributed by atoms with van der Waals surface area (Å²) in [6, 6.07) is 12.0. The third-order valence-electron chi connectivity index (χ3n) is 4.90. The van der Waals surface area contributed by atoms with Gasteiger partial charge < -0.3 is 15.0 Å². The summed E-state index contributed by atoms with van der Waals surface area (Å²) in [5.74, 6) is 0.254. The van der Waals surface area contributed by atoms with Crippen molar-refractivity contribution < 1.29 is 9.90 Å². The van der Waals surface area contributed by atoms with Crippen molar-refractivity contribution in [1.82, 2.24) is 9.88 Å². The van der Waals surface area contributed by atoms with E-state index < -0.39 is 0 Å². The van der Waals surface area contributed by atoms with Crippen molar-refractivity contribution in [1.29, 1.82) is 0 Å². The summed E-state index contributed by atoms with van der Waals surface area (Å²) in [5.41, 5.74) is 1.75. The summed E-state index contributed by atoms with van der Waals surface area (Å²) in [6.07, 6.45) is 3.16.